The summed E-state index contributed by atoms with van der Waals surface area (Å²) < 4.78 is 0. The van der Waals surface area contributed by atoms with Gasteiger partial charge >= 0.3 is 0 Å². The van der Waals surface area contributed by atoms with Gasteiger partial charge in [0, 0.05) is 22.2 Å². The lowest BCUT2D eigenvalue weighted by molar-refractivity contribution is -0.119. The summed E-state index contributed by atoms with van der Waals surface area (Å²) in [6.07, 6.45) is 0. The molecule has 90 valence electrons. The van der Waals surface area contributed by atoms with E-state index in [4.69, 9.17) is 5.26 Å². The molecule has 2 aromatic rings. The molecule has 0 aliphatic rings. The number of thiophene rings is 1. The fraction of sp³-hybridized carbons (Fsp3) is 0.143. The van der Waals surface area contributed by atoms with Gasteiger partial charge < -0.3 is 5.32 Å². The van der Waals surface area contributed by atoms with Crippen molar-refractivity contribution < 1.29 is 4.79 Å². The van der Waals surface area contributed by atoms with Crippen LogP contribution >= 0.6 is 11.3 Å². The summed E-state index contributed by atoms with van der Waals surface area (Å²) in [5.74, 6) is -0.0395. The lowest BCUT2D eigenvalue weighted by Gasteiger charge is -2.00. The van der Waals surface area contributed by atoms with E-state index in [9.17, 15) is 4.79 Å². The van der Waals surface area contributed by atoms with Gasteiger partial charge in [0.25, 0.3) is 0 Å². The van der Waals surface area contributed by atoms with E-state index < -0.39 is 0 Å². The lowest BCUT2D eigenvalue weighted by atomic mass is 10.1. The van der Waals surface area contributed by atoms with E-state index in [1.54, 1.807) is 11.3 Å². The summed E-state index contributed by atoms with van der Waals surface area (Å²) in [5, 5.41) is 11.8. The first-order valence-electron chi connectivity index (χ1n) is 5.53. The Morgan fingerprint density at radius 2 is 2.11 bits per heavy atom. The number of nitrogens with zero attached hydrogens (tertiary/aromatic N) is 1. The highest BCUT2D eigenvalue weighted by Gasteiger charge is 2.07. The predicted octanol–water partition coefficient (Wildman–Crippen LogP) is 2.92. The fourth-order valence-corrected chi connectivity index (χ4v) is 2.61. The van der Waals surface area contributed by atoms with Crippen molar-refractivity contribution in [2.45, 2.75) is 13.5 Å². The van der Waals surface area contributed by atoms with Gasteiger partial charge in [-0.2, -0.15) is 5.26 Å². The maximum absolute atomic E-state index is 10.8. The van der Waals surface area contributed by atoms with E-state index in [1.165, 1.54) is 6.92 Å². The average molecular weight is 256 g/mol. The Labute approximate surface area is 110 Å². The summed E-state index contributed by atoms with van der Waals surface area (Å²) in [4.78, 5) is 13.0. The van der Waals surface area contributed by atoms with E-state index in [1.807, 2.05) is 36.4 Å². The van der Waals surface area contributed by atoms with Crippen LogP contribution in [-0.2, 0) is 11.3 Å². The largest absolute Gasteiger partial charge is 0.351 e. The van der Waals surface area contributed by atoms with Crippen molar-refractivity contribution in [2.75, 3.05) is 0 Å². The molecule has 3 nitrogen and oxygen atoms in total. The number of carbonyl (C=O) groups excluding carboxylic acids is 1. The van der Waals surface area contributed by atoms with Gasteiger partial charge in [0.05, 0.1) is 18.2 Å². The highest BCUT2D eigenvalue weighted by molar-refractivity contribution is 7.15. The third kappa shape index (κ3) is 2.76. The molecule has 1 heterocycles. The summed E-state index contributed by atoms with van der Waals surface area (Å²) >= 11 is 1.59. The summed E-state index contributed by atoms with van der Waals surface area (Å²) in [6, 6.07) is 13.7. The van der Waals surface area contributed by atoms with E-state index >= 15 is 0 Å². The van der Waals surface area contributed by atoms with Crippen molar-refractivity contribution in [3.05, 3.63) is 46.8 Å². The van der Waals surface area contributed by atoms with Gasteiger partial charge in [-0.1, -0.05) is 18.2 Å². The van der Waals surface area contributed by atoms with Crippen LogP contribution < -0.4 is 5.32 Å². The van der Waals surface area contributed by atoms with E-state index in [0.717, 1.165) is 15.3 Å². The molecular weight excluding hydrogens is 244 g/mol. The normalized spacial score (nSPS) is 9.78. The predicted molar refractivity (Wildman–Crippen MR) is 72.0 cm³/mol. The Hall–Kier alpha value is -2.12. The summed E-state index contributed by atoms with van der Waals surface area (Å²) in [5.41, 5.74) is 1.62. The number of rotatable bonds is 3. The minimum Gasteiger partial charge on any atom is -0.351 e. The van der Waals surface area contributed by atoms with Crippen LogP contribution in [0.3, 0.4) is 0 Å². The SMILES string of the molecule is CC(=O)NCc1ccc(-c2ccccc2C#N)s1. The number of carbonyl (C=O) groups is 1. The number of nitriles is 1. The van der Waals surface area contributed by atoms with Gasteiger partial charge in [-0.05, 0) is 18.2 Å². The third-order valence-corrected chi connectivity index (χ3v) is 3.60. The van der Waals surface area contributed by atoms with E-state index in [2.05, 4.69) is 11.4 Å². The van der Waals surface area contributed by atoms with Crippen LogP contribution in [0.5, 0.6) is 0 Å². The van der Waals surface area contributed by atoms with Crippen LogP contribution in [0, 0.1) is 11.3 Å². The molecule has 1 N–H and O–H groups in total. The molecule has 1 amide bonds. The molecule has 0 atom stereocenters. The van der Waals surface area contributed by atoms with Crippen LogP contribution in [-0.4, -0.2) is 5.91 Å². The summed E-state index contributed by atoms with van der Waals surface area (Å²) in [7, 11) is 0. The van der Waals surface area contributed by atoms with Gasteiger partial charge in [0.15, 0.2) is 0 Å². The van der Waals surface area contributed by atoms with Crippen molar-refractivity contribution in [3.63, 3.8) is 0 Å². The van der Waals surface area contributed by atoms with Crippen molar-refractivity contribution in [2.24, 2.45) is 0 Å². The molecule has 2 rings (SSSR count). The molecule has 0 radical (unpaired) electrons. The first kappa shape index (κ1) is 12.3. The van der Waals surface area contributed by atoms with Crippen molar-refractivity contribution in [1.29, 1.82) is 5.26 Å². The Morgan fingerprint density at radius 1 is 1.33 bits per heavy atom. The maximum atomic E-state index is 10.8. The Kier molecular flexibility index (Phi) is 3.75. The first-order valence-corrected chi connectivity index (χ1v) is 6.35. The minimum atomic E-state index is -0.0395. The van der Waals surface area contributed by atoms with Crippen molar-refractivity contribution in [3.8, 4) is 16.5 Å². The minimum absolute atomic E-state index is 0.0395. The van der Waals surface area contributed by atoms with Crippen LogP contribution in [0.1, 0.15) is 17.4 Å². The van der Waals surface area contributed by atoms with Gasteiger partial charge in [0.2, 0.25) is 5.91 Å². The number of hydrogen-bond acceptors (Lipinski definition) is 3. The van der Waals surface area contributed by atoms with Crippen LogP contribution in [0.25, 0.3) is 10.4 Å². The number of hydrogen-bond donors (Lipinski definition) is 1. The summed E-state index contributed by atoms with van der Waals surface area (Å²) in [6.45, 7) is 2.04. The molecule has 0 aliphatic carbocycles. The Morgan fingerprint density at radius 3 is 2.83 bits per heavy atom. The van der Waals surface area contributed by atoms with Gasteiger partial charge in [-0.15, -0.1) is 11.3 Å². The molecule has 0 saturated carbocycles. The molecule has 0 spiro atoms. The number of nitrogens with one attached hydrogen (secondary N) is 1. The highest BCUT2D eigenvalue weighted by Crippen LogP contribution is 2.30. The zero-order chi connectivity index (χ0) is 13.0. The van der Waals surface area contributed by atoms with E-state index in [-0.39, 0.29) is 5.91 Å². The third-order valence-electron chi connectivity index (χ3n) is 2.49. The van der Waals surface area contributed by atoms with Crippen LogP contribution in [0.2, 0.25) is 0 Å². The molecule has 0 saturated heterocycles. The molecule has 4 heteroatoms. The van der Waals surface area contributed by atoms with Gasteiger partial charge in [-0.25, -0.2) is 0 Å². The Bertz CT molecular complexity index is 610. The first-order chi connectivity index (χ1) is 8.70. The van der Waals surface area contributed by atoms with Crippen molar-refractivity contribution >= 4 is 17.2 Å². The highest BCUT2D eigenvalue weighted by atomic mass is 32.1. The van der Waals surface area contributed by atoms with Gasteiger partial charge in [0.1, 0.15) is 0 Å². The zero-order valence-electron chi connectivity index (χ0n) is 9.93. The maximum Gasteiger partial charge on any atom is 0.217 e. The average Bonchev–Trinajstić information content (AvgIpc) is 2.85. The number of benzene rings is 1. The molecule has 0 fully saturated rings. The van der Waals surface area contributed by atoms with Gasteiger partial charge in [-0.3, -0.25) is 4.79 Å². The standard InChI is InChI=1S/C14H12N2OS/c1-10(17)16-9-12-6-7-14(18-12)13-5-3-2-4-11(13)8-15/h2-7H,9H2,1H3,(H,16,17). The topological polar surface area (TPSA) is 52.9 Å². The Balaban J connectivity index is 2.24. The van der Waals surface area contributed by atoms with Crippen molar-refractivity contribution in [1.82, 2.24) is 5.32 Å². The molecule has 1 aromatic heterocycles. The molecular formula is C14H12N2OS. The number of amides is 1. The van der Waals surface area contributed by atoms with Crippen LogP contribution in [0.15, 0.2) is 36.4 Å². The molecule has 0 unspecified atom stereocenters. The quantitative estimate of drug-likeness (QED) is 0.918. The fourth-order valence-electron chi connectivity index (χ4n) is 1.62. The smallest absolute Gasteiger partial charge is 0.217 e. The molecule has 0 bridgehead atoms. The van der Waals surface area contributed by atoms with Crippen LogP contribution in [0.4, 0.5) is 0 Å². The second kappa shape index (κ2) is 5.48. The molecule has 18 heavy (non-hydrogen) atoms. The molecule has 1 aromatic carbocycles. The monoisotopic (exact) mass is 256 g/mol. The zero-order valence-corrected chi connectivity index (χ0v) is 10.8. The second-order valence-electron chi connectivity index (χ2n) is 3.83. The lowest BCUT2D eigenvalue weighted by Crippen LogP contribution is -2.17. The molecule has 0 aliphatic heterocycles. The van der Waals surface area contributed by atoms with E-state index in [0.29, 0.717) is 12.1 Å². The second-order valence-corrected chi connectivity index (χ2v) is 5.00.